The molecule has 0 amide bonds. The van der Waals surface area contributed by atoms with E-state index in [1.807, 2.05) is 26.2 Å². The van der Waals surface area contributed by atoms with Crippen LogP contribution >= 0.6 is 11.8 Å². The Morgan fingerprint density at radius 3 is 2.52 bits per heavy atom. The van der Waals surface area contributed by atoms with E-state index in [-0.39, 0.29) is 30.3 Å². The van der Waals surface area contributed by atoms with Gasteiger partial charge in [0, 0.05) is 16.9 Å². The van der Waals surface area contributed by atoms with Gasteiger partial charge in [-0.15, -0.1) is 11.8 Å². The second kappa shape index (κ2) is 9.74. The molecule has 0 N–H and O–H groups in total. The third-order valence-corrected chi connectivity index (χ3v) is 5.10. The van der Waals surface area contributed by atoms with E-state index in [0.717, 1.165) is 16.0 Å². The van der Waals surface area contributed by atoms with Crippen molar-refractivity contribution in [2.24, 2.45) is 0 Å². The van der Waals surface area contributed by atoms with Crippen molar-refractivity contribution in [3.05, 3.63) is 52.6 Å². The summed E-state index contributed by atoms with van der Waals surface area (Å²) in [5.41, 5.74) is 2.34. The molecule has 0 bridgehead atoms. The van der Waals surface area contributed by atoms with E-state index >= 15 is 0 Å². The fourth-order valence-corrected chi connectivity index (χ4v) is 3.36. The zero-order valence-electron chi connectivity index (χ0n) is 16.0. The number of rotatable bonds is 8. The average molecular weight is 394 g/mol. The van der Waals surface area contributed by atoms with Crippen molar-refractivity contribution < 1.29 is 23.0 Å². The molecule has 2 rings (SSSR count). The zero-order chi connectivity index (χ0) is 20.0. The van der Waals surface area contributed by atoms with Crippen LogP contribution in [0.1, 0.15) is 48.9 Å². The molecule has 0 atom stereocenters. The van der Waals surface area contributed by atoms with Crippen LogP contribution in [-0.4, -0.2) is 12.2 Å². The number of aryl methyl sites for hydroxylation is 2. The molecule has 0 saturated carbocycles. The maximum atomic E-state index is 13.5. The first-order chi connectivity index (χ1) is 12.9. The Kier molecular flexibility index (Phi) is 7.66. The van der Waals surface area contributed by atoms with Gasteiger partial charge in [0.05, 0.1) is 5.56 Å². The van der Waals surface area contributed by atoms with Gasteiger partial charge in [-0.1, -0.05) is 19.9 Å². The van der Waals surface area contributed by atoms with Crippen LogP contribution in [-0.2, 0) is 17.8 Å². The summed E-state index contributed by atoms with van der Waals surface area (Å²) in [5, 5.41) is 0. The molecule has 0 unspecified atom stereocenters. The molecule has 146 valence electrons. The Morgan fingerprint density at radius 2 is 1.93 bits per heavy atom. The molecule has 2 aromatic rings. The average Bonchev–Trinajstić information content (AvgIpc) is 2.66. The van der Waals surface area contributed by atoms with Gasteiger partial charge in [0.2, 0.25) is 0 Å². The molecule has 0 fully saturated rings. The van der Waals surface area contributed by atoms with Gasteiger partial charge < -0.3 is 9.47 Å². The summed E-state index contributed by atoms with van der Waals surface area (Å²) in [6, 6.07) is 8.52. The SMILES string of the molecule is CCC(=O)Oc1cccc(SC)c1COc1cc(C)c(CC)cc1C(F)F. The van der Waals surface area contributed by atoms with E-state index in [4.69, 9.17) is 9.47 Å². The smallest absolute Gasteiger partial charge is 0.310 e. The summed E-state index contributed by atoms with van der Waals surface area (Å²) >= 11 is 1.48. The number of carbonyl (C=O) groups is 1. The van der Waals surface area contributed by atoms with Gasteiger partial charge in [-0.05, 0) is 55.0 Å². The molecule has 0 aliphatic heterocycles. The number of esters is 1. The number of ether oxygens (including phenoxy) is 2. The fraction of sp³-hybridized carbons (Fsp3) is 0.381. The number of alkyl halides is 2. The monoisotopic (exact) mass is 394 g/mol. The minimum absolute atomic E-state index is 0.0357. The van der Waals surface area contributed by atoms with Crippen LogP contribution in [0.2, 0.25) is 0 Å². The summed E-state index contributed by atoms with van der Waals surface area (Å²) in [5.74, 6) is 0.198. The van der Waals surface area contributed by atoms with E-state index < -0.39 is 6.43 Å². The molecule has 0 aliphatic carbocycles. The number of thioether (sulfide) groups is 1. The standard InChI is InChI=1S/C21H24F2O3S/c1-5-14-11-15(21(22)23)18(10-13(14)3)25-12-16-17(26-20(24)6-2)8-7-9-19(16)27-4/h7-11,21H,5-6,12H2,1-4H3. The summed E-state index contributed by atoms with van der Waals surface area (Å²) in [4.78, 5) is 12.6. The van der Waals surface area contributed by atoms with Crippen LogP contribution in [0, 0.1) is 6.92 Å². The minimum atomic E-state index is -2.63. The second-order valence-corrected chi connectivity index (χ2v) is 6.87. The van der Waals surface area contributed by atoms with Crippen molar-refractivity contribution in [1.29, 1.82) is 0 Å². The van der Waals surface area contributed by atoms with E-state index in [2.05, 4.69) is 0 Å². The lowest BCUT2D eigenvalue weighted by molar-refractivity contribution is -0.134. The lowest BCUT2D eigenvalue weighted by Crippen LogP contribution is -2.10. The second-order valence-electron chi connectivity index (χ2n) is 6.02. The van der Waals surface area contributed by atoms with E-state index in [9.17, 15) is 13.6 Å². The normalized spacial score (nSPS) is 10.9. The van der Waals surface area contributed by atoms with Crippen LogP contribution in [0.3, 0.4) is 0 Å². The molecule has 2 aromatic carbocycles. The van der Waals surface area contributed by atoms with Crippen molar-refractivity contribution in [2.75, 3.05) is 6.26 Å². The van der Waals surface area contributed by atoms with Crippen LogP contribution in [0.15, 0.2) is 35.2 Å². The van der Waals surface area contributed by atoms with Crippen molar-refractivity contribution >= 4 is 17.7 Å². The quantitative estimate of drug-likeness (QED) is 0.307. The molecule has 0 saturated heterocycles. The van der Waals surface area contributed by atoms with Gasteiger partial charge in [-0.25, -0.2) is 8.78 Å². The number of carbonyl (C=O) groups excluding carboxylic acids is 1. The van der Waals surface area contributed by atoms with Crippen LogP contribution in [0.25, 0.3) is 0 Å². The molecule has 6 heteroatoms. The van der Waals surface area contributed by atoms with Crippen LogP contribution < -0.4 is 9.47 Å². The Balaban J connectivity index is 2.36. The highest BCUT2D eigenvalue weighted by molar-refractivity contribution is 7.98. The summed E-state index contributed by atoms with van der Waals surface area (Å²) in [6.45, 7) is 5.56. The lowest BCUT2D eigenvalue weighted by Gasteiger charge is -2.17. The number of hydrogen-bond acceptors (Lipinski definition) is 4. The number of halogens is 2. The predicted octanol–water partition coefficient (Wildman–Crippen LogP) is 6.11. The third kappa shape index (κ3) is 5.22. The van der Waals surface area contributed by atoms with Gasteiger partial charge in [0.15, 0.2) is 0 Å². The maximum Gasteiger partial charge on any atom is 0.310 e. The maximum absolute atomic E-state index is 13.5. The third-order valence-electron chi connectivity index (χ3n) is 4.28. The number of benzene rings is 2. The first kappa shape index (κ1) is 21.2. The molecule has 0 aliphatic rings. The first-order valence-electron chi connectivity index (χ1n) is 8.82. The summed E-state index contributed by atoms with van der Waals surface area (Å²) in [6.07, 6.45) is 0.198. The largest absolute Gasteiger partial charge is 0.488 e. The highest BCUT2D eigenvalue weighted by Crippen LogP contribution is 2.35. The topological polar surface area (TPSA) is 35.5 Å². The number of hydrogen-bond donors (Lipinski definition) is 0. The molecule has 0 spiro atoms. The molecular formula is C21H24F2O3S. The first-order valence-corrected chi connectivity index (χ1v) is 10.0. The Morgan fingerprint density at radius 1 is 1.19 bits per heavy atom. The van der Waals surface area contributed by atoms with Crippen molar-refractivity contribution in [2.45, 2.75) is 51.5 Å². The van der Waals surface area contributed by atoms with Gasteiger partial charge in [-0.3, -0.25) is 4.79 Å². The Bertz CT molecular complexity index is 806. The molecular weight excluding hydrogens is 370 g/mol. The van der Waals surface area contributed by atoms with Crippen LogP contribution in [0.4, 0.5) is 8.78 Å². The van der Waals surface area contributed by atoms with Crippen molar-refractivity contribution in [3.8, 4) is 11.5 Å². The Hall–Kier alpha value is -2.08. The van der Waals surface area contributed by atoms with Gasteiger partial charge in [0.25, 0.3) is 6.43 Å². The van der Waals surface area contributed by atoms with Crippen molar-refractivity contribution in [3.63, 3.8) is 0 Å². The van der Waals surface area contributed by atoms with Crippen molar-refractivity contribution in [1.82, 2.24) is 0 Å². The van der Waals surface area contributed by atoms with E-state index in [1.165, 1.54) is 17.8 Å². The molecule has 0 heterocycles. The lowest BCUT2D eigenvalue weighted by atomic mass is 10.0. The minimum Gasteiger partial charge on any atom is -0.488 e. The summed E-state index contributed by atoms with van der Waals surface area (Å²) < 4.78 is 38.1. The van der Waals surface area contributed by atoms with E-state index in [0.29, 0.717) is 17.7 Å². The molecule has 0 radical (unpaired) electrons. The Labute approximate surface area is 163 Å². The highest BCUT2D eigenvalue weighted by atomic mass is 32.2. The molecule has 3 nitrogen and oxygen atoms in total. The van der Waals surface area contributed by atoms with E-state index in [1.54, 1.807) is 25.1 Å². The fourth-order valence-electron chi connectivity index (χ4n) is 2.74. The van der Waals surface area contributed by atoms with Crippen LogP contribution in [0.5, 0.6) is 11.5 Å². The zero-order valence-corrected chi connectivity index (χ0v) is 16.8. The van der Waals surface area contributed by atoms with Gasteiger partial charge >= 0.3 is 5.97 Å². The van der Waals surface area contributed by atoms with Gasteiger partial charge in [0.1, 0.15) is 18.1 Å². The predicted molar refractivity (Wildman–Crippen MR) is 104 cm³/mol. The van der Waals surface area contributed by atoms with Gasteiger partial charge in [-0.2, -0.15) is 0 Å². The summed E-state index contributed by atoms with van der Waals surface area (Å²) in [7, 11) is 0. The molecule has 0 aromatic heterocycles. The highest BCUT2D eigenvalue weighted by Gasteiger charge is 2.18. The molecule has 27 heavy (non-hydrogen) atoms.